The van der Waals surface area contributed by atoms with Crippen molar-refractivity contribution in [1.29, 1.82) is 5.26 Å². The Morgan fingerprint density at radius 2 is 0.982 bits per heavy atom. The molecule has 4 aliphatic rings. The number of primary amides is 2. The fourth-order valence-electron chi connectivity index (χ4n) is 10.5. The van der Waals surface area contributed by atoms with Gasteiger partial charge in [-0.25, -0.2) is 9.97 Å². The van der Waals surface area contributed by atoms with Gasteiger partial charge < -0.3 is 61.1 Å². The number of fused-ring (bicyclic) bond motifs is 1. The Morgan fingerprint density at radius 1 is 0.631 bits per heavy atom. The molecule has 8 N–H and O–H groups in total. The third-order valence-electron chi connectivity index (χ3n) is 15.6. The van der Waals surface area contributed by atoms with E-state index in [0.717, 1.165) is 65.9 Å². The third-order valence-corrected chi connectivity index (χ3v) is 20.7. The number of aryl methyl sites for hydroxylation is 1. The lowest BCUT2D eigenvalue weighted by molar-refractivity contribution is -0.140. The van der Waals surface area contributed by atoms with Gasteiger partial charge in [0, 0.05) is 84.7 Å². The van der Waals surface area contributed by atoms with Crippen molar-refractivity contribution in [2.24, 2.45) is 21.6 Å². The van der Waals surface area contributed by atoms with E-state index in [9.17, 15) is 71.9 Å². The molecule has 111 heavy (non-hydrogen) atoms. The van der Waals surface area contributed by atoms with Crippen LogP contribution in [0.5, 0.6) is 23.0 Å². The molecular weight excluding hydrogens is 1620 g/mol. The van der Waals surface area contributed by atoms with Crippen LogP contribution in [0.2, 0.25) is 0 Å². The predicted octanol–water partition coefficient (Wildman–Crippen LogP) is 15.3. The fraction of sp³-hybridized carbons (Fsp3) is 0.435. The summed E-state index contributed by atoms with van der Waals surface area (Å²) in [5, 5.41) is 16.4. The number of para-hydroxylation sites is 4. The number of halogens is 13. The number of aromatic nitrogens is 4. The van der Waals surface area contributed by atoms with Crippen molar-refractivity contribution in [2.75, 3.05) is 92.4 Å². The summed E-state index contributed by atoms with van der Waals surface area (Å²) in [5.74, 6) is -0.765. The maximum absolute atomic E-state index is 13.1. The number of carbonyl (C=O) groups is 3. The van der Waals surface area contributed by atoms with E-state index in [1.54, 1.807) is 19.2 Å². The molecular formula is C69H78ClF12N15O8S6. The summed E-state index contributed by atoms with van der Waals surface area (Å²) in [5.41, 5.74) is 12.7. The Bertz CT molecular complexity index is 4330. The molecule has 0 spiro atoms. The molecule has 4 fully saturated rings. The van der Waals surface area contributed by atoms with Crippen LogP contribution in [-0.2, 0) is 34.3 Å². The van der Waals surface area contributed by atoms with E-state index in [-0.39, 0.29) is 80.6 Å². The largest absolute Gasteiger partial charge is 0.490 e. The number of aromatic amines is 1. The standard InChI is InChI=1S/C18H17F3N4O2S.C16H17F3N4O2S.C15H16F3N3OS.C12H14F3NO.C4H6N2S2.C2H3ClO.C2H5NOS/c1-10-22-15-14(16(26)23-10)28-17(24-15)25-8-6-11(7-9-25)27-13-5-3-2-4-12(13)18(19,20)21;17-16(18,19)10-3-1-2-4-11(10)25-9-5-7-23(8-6-9)15-22-13(20)12(26-15)14(21)24;1-19-20-14(23-2)21-9-7-11(8-10-21)22-13-6-4-3-5-12(13)15(16,17)18;13-12(14,15)10-3-1-2-4-11(10)17-9-5-7-16-8-6-9;1-7-4(8-2)6-3-5;1-2(3)4;3-2(4)1-5/h2-5,11H,6-9H2,1H3,(H,22,23,26);1-4,9H,5-8,20H2,(H2,21,24);3-6,11H,7-10H2,2H3;1-4,9,16H,5-8H2;1-2H3;1H3;5H,1H2,(H2,3,4)/b;;20-14-;;;;. The number of thiazole rings is 2. The van der Waals surface area contributed by atoms with E-state index in [1.807, 2.05) is 33.5 Å². The molecule has 0 atom stereocenters. The maximum Gasteiger partial charge on any atom is 0.419 e. The number of ether oxygens (including phenoxy) is 4. The Hall–Kier alpha value is -8.58. The van der Waals surface area contributed by atoms with Gasteiger partial charge in [0.1, 0.15) is 78.1 Å². The number of thiol groups is 1. The zero-order valence-corrected chi connectivity index (χ0v) is 65.7. The van der Waals surface area contributed by atoms with Gasteiger partial charge in [0.25, 0.3) is 11.5 Å². The summed E-state index contributed by atoms with van der Waals surface area (Å²) in [4.78, 5) is 70.1. The highest BCUT2D eigenvalue weighted by Gasteiger charge is 2.39. The van der Waals surface area contributed by atoms with Crippen LogP contribution in [-0.4, -0.2) is 153 Å². The Morgan fingerprint density at radius 3 is 1.29 bits per heavy atom. The van der Waals surface area contributed by atoms with Gasteiger partial charge in [-0.05, 0) is 112 Å². The van der Waals surface area contributed by atoms with Gasteiger partial charge in [-0.15, -0.1) is 28.5 Å². The number of nitriles is 1. The van der Waals surface area contributed by atoms with Crippen LogP contribution < -0.4 is 56.8 Å². The number of thioether (sulfide) groups is 3. The van der Waals surface area contributed by atoms with Crippen LogP contribution in [0, 0.1) is 25.0 Å². The van der Waals surface area contributed by atoms with Crippen molar-refractivity contribution in [3.63, 3.8) is 0 Å². The number of nitrogens with one attached hydrogen (secondary N) is 2. The first-order chi connectivity index (χ1) is 52.4. The van der Waals surface area contributed by atoms with Crippen LogP contribution in [0.15, 0.2) is 112 Å². The normalized spacial score (nSPS) is 15.1. The molecule has 7 aromatic rings. The molecule has 0 bridgehead atoms. The predicted molar refractivity (Wildman–Crippen MR) is 414 cm³/mol. The quantitative estimate of drug-likeness (QED) is 0.00967. The fourth-order valence-corrected chi connectivity index (χ4v) is 13.9. The molecule has 0 saturated carbocycles. The highest BCUT2D eigenvalue weighted by molar-refractivity contribution is 8.38. The summed E-state index contributed by atoms with van der Waals surface area (Å²) in [6.07, 6.45) is -6.55. The number of benzene rings is 4. The summed E-state index contributed by atoms with van der Waals surface area (Å²) >= 11 is 14.9. The van der Waals surface area contributed by atoms with E-state index in [4.69, 9.17) is 42.2 Å². The van der Waals surface area contributed by atoms with Crippen molar-refractivity contribution in [3.8, 4) is 29.2 Å². The van der Waals surface area contributed by atoms with E-state index >= 15 is 0 Å². The lowest BCUT2D eigenvalue weighted by atomic mass is 10.1. The molecule has 11 rings (SSSR count). The topological polar surface area (TPSA) is 312 Å². The number of hydrogen-bond donors (Lipinski definition) is 6. The Balaban J connectivity index is 0.000000249. The molecule has 0 unspecified atom stereocenters. The zero-order valence-electron chi connectivity index (χ0n) is 59.9. The minimum absolute atomic E-state index is 0.0631. The molecule has 4 saturated heterocycles. The van der Waals surface area contributed by atoms with E-state index in [2.05, 4.69) is 70.3 Å². The zero-order chi connectivity index (χ0) is 82.2. The van der Waals surface area contributed by atoms with Gasteiger partial charge in [0.05, 0.1) is 28.0 Å². The molecule has 0 aliphatic carbocycles. The number of nitrogens with two attached hydrogens (primary N) is 3. The van der Waals surface area contributed by atoms with E-state index in [1.165, 1.54) is 120 Å². The highest BCUT2D eigenvalue weighted by Crippen LogP contribution is 2.42. The number of nitrogen functional groups attached to an aromatic ring is 1. The number of H-pyrrole nitrogens is 1. The van der Waals surface area contributed by atoms with Crippen LogP contribution in [0.3, 0.4) is 0 Å². The minimum Gasteiger partial charge on any atom is -0.490 e. The van der Waals surface area contributed by atoms with Crippen LogP contribution in [0.1, 0.15) is 96.0 Å². The van der Waals surface area contributed by atoms with Gasteiger partial charge >= 0.3 is 24.7 Å². The third kappa shape index (κ3) is 31.1. The number of anilines is 3. The summed E-state index contributed by atoms with van der Waals surface area (Å²) < 4.78 is 179. The number of amides is 2. The smallest absolute Gasteiger partial charge is 0.419 e. The lowest BCUT2D eigenvalue weighted by Crippen LogP contribution is -2.40. The number of aliphatic imine (C=N–C) groups is 1. The van der Waals surface area contributed by atoms with Crippen molar-refractivity contribution in [2.45, 2.75) is 114 Å². The molecule has 3 aromatic heterocycles. The monoisotopic (exact) mass is 1700 g/mol. The van der Waals surface area contributed by atoms with E-state index in [0.29, 0.717) is 109 Å². The van der Waals surface area contributed by atoms with Crippen molar-refractivity contribution < 1.29 is 86.0 Å². The minimum atomic E-state index is -4.46. The summed E-state index contributed by atoms with van der Waals surface area (Å²) in [6.45, 7) is 14.8. The van der Waals surface area contributed by atoms with Gasteiger partial charge in [0.15, 0.2) is 15.9 Å². The number of rotatable bonds is 12. The van der Waals surface area contributed by atoms with Crippen molar-refractivity contribution in [1.82, 2.24) is 30.2 Å². The molecule has 23 nitrogen and oxygen atoms in total. The number of piperidine rings is 4. The number of hydrogen-bond acceptors (Lipinski definition) is 24. The number of likely N-dealkylation sites (tertiary alicyclic amines) is 1. The summed E-state index contributed by atoms with van der Waals surface area (Å²) in [6, 6.07) is 21.1. The first-order valence-corrected chi connectivity index (χ1v) is 39.5. The number of alkyl halides is 12. The first-order valence-electron chi connectivity index (χ1n) is 33.2. The second-order valence-electron chi connectivity index (χ2n) is 23.5. The number of amidine groups is 1. The first kappa shape index (κ1) is 93.0. The molecule has 42 heteroatoms. The molecule has 2 amide bonds. The van der Waals surface area contributed by atoms with Crippen LogP contribution in [0.25, 0.3) is 15.3 Å². The molecule has 7 heterocycles. The van der Waals surface area contributed by atoms with Crippen molar-refractivity contribution in [3.05, 3.63) is 152 Å². The second-order valence-corrected chi connectivity index (χ2v) is 28.9. The second kappa shape index (κ2) is 45.2. The number of carbonyl (C=O) groups excluding carboxylic acids is 3. The molecule has 604 valence electrons. The van der Waals surface area contributed by atoms with Gasteiger partial charge in [0.2, 0.25) is 22.5 Å². The molecule has 4 aliphatic heterocycles. The van der Waals surface area contributed by atoms with Crippen LogP contribution in [0.4, 0.5) is 68.8 Å². The maximum atomic E-state index is 13.1. The number of nitrogens with zero attached hydrogens (tertiary/aromatic N) is 10. The highest BCUT2D eigenvalue weighted by atomic mass is 35.5. The van der Waals surface area contributed by atoms with Gasteiger partial charge in [-0.1, -0.05) is 83.0 Å². The lowest BCUT2D eigenvalue weighted by Gasteiger charge is -2.32. The molecule has 4 aromatic carbocycles. The Labute approximate surface area is 662 Å². The summed E-state index contributed by atoms with van der Waals surface area (Å²) in [7, 11) is 0. The average Bonchev–Trinajstić information content (AvgIpc) is 1.67. The molecule has 0 radical (unpaired) electrons. The average molecular weight is 1700 g/mol. The van der Waals surface area contributed by atoms with E-state index < -0.39 is 52.9 Å². The van der Waals surface area contributed by atoms with Gasteiger partial charge in [-0.3, -0.25) is 19.2 Å². The Kier molecular flexibility index (Phi) is 37.9. The SMILES string of the molecule is CC(=O)Cl.CSC(=NC#N)SC.Cc1nc2nc(N3CCC(Oc4ccccc4C(F)(F)F)CC3)sc2c(=O)[nH]1.FC(F)(F)c1ccccc1OC1CCNCC1.NC(=O)CS.NC(=O)c1sc(N2CCC(Oc3ccccc3C(F)(F)F)CC2)nc1N.[C-]#[N+]/N=C(\SC)N1CCC(Oc2ccccc2C(F)(F)F)CC1. The van der Waals surface area contributed by atoms with Crippen molar-refractivity contribution >= 4 is 135 Å². The van der Waals surface area contributed by atoms with Crippen LogP contribution >= 0.6 is 82.2 Å². The van der Waals surface area contributed by atoms with Gasteiger partial charge in [-0.2, -0.15) is 87.1 Å².